The van der Waals surface area contributed by atoms with E-state index in [1.165, 1.54) is 5.56 Å². The van der Waals surface area contributed by atoms with Gasteiger partial charge in [0.25, 0.3) is 6.33 Å². The van der Waals surface area contributed by atoms with Crippen molar-refractivity contribution in [2.24, 2.45) is 13.0 Å². The number of aryl methyl sites for hydroxylation is 1. The Morgan fingerprint density at radius 3 is 2.40 bits per heavy atom. The number of likely N-dealkylation sites (tertiary alicyclic amines) is 1. The summed E-state index contributed by atoms with van der Waals surface area (Å²) < 4.78 is 9.43. The highest BCUT2D eigenvalue weighted by molar-refractivity contribution is 5.86. The molecule has 7 nitrogen and oxygen atoms in total. The van der Waals surface area contributed by atoms with Gasteiger partial charge in [0.2, 0.25) is 0 Å². The highest BCUT2D eigenvalue weighted by atomic mass is 16.6. The minimum absolute atomic E-state index is 0.0283. The predicted octanol–water partition coefficient (Wildman–Crippen LogP) is 6.15. The molecule has 208 valence electrons. The van der Waals surface area contributed by atoms with Gasteiger partial charge in [0.1, 0.15) is 18.0 Å². The van der Waals surface area contributed by atoms with E-state index in [1.54, 1.807) is 17.1 Å². The molecule has 0 aliphatic carbocycles. The largest absolute Gasteiger partial charge is 0.444 e. The summed E-state index contributed by atoms with van der Waals surface area (Å²) in [7, 11) is 1.90. The van der Waals surface area contributed by atoms with Crippen molar-refractivity contribution < 1.29 is 18.9 Å². The molecule has 1 aliphatic rings. The van der Waals surface area contributed by atoms with Gasteiger partial charge in [0.15, 0.2) is 0 Å². The summed E-state index contributed by atoms with van der Waals surface area (Å²) in [5.74, 6) is 0.111. The summed E-state index contributed by atoms with van der Waals surface area (Å²) in [5.41, 5.74) is 1.61. The number of imidazole rings is 1. The molecule has 2 amide bonds. The Labute approximate surface area is 236 Å². The standard InChI is InChI=1S/C33H39N4O3/c1-24(28-17-11-15-25-14-9-10-16-29(25)28)37(32(39)40-33(2,3)4)21-27-20-36(31(38)35-19-18-34(5)23-35)22-30(27)26-12-7-6-8-13-26/h6-19,23-24,27,30H,20-22H2,1-5H3/q+1/t24-,27-,30-/m1/s1. The van der Waals surface area contributed by atoms with Crippen LogP contribution in [0, 0.1) is 5.92 Å². The Balaban J connectivity index is 1.50. The van der Waals surface area contributed by atoms with Crippen LogP contribution in [-0.4, -0.2) is 51.7 Å². The number of carbonyl (C=O) groups is 2. The second kappa shape index (κ2) is 11.2. The fourth-order valence-electron chi connectivity index (χ4n) is 5.76. The molecular weight excluding hydrogens is 500 g/mol. The van der Waals surface area contributed by atoms with Crippen molar-refractivity contribution in [2.75, 3.05) is 19.6 Å². The second-order valence-electron chi connectivity index (χ2n) is 11.8. The summed E-state index contributed by atoms with van der Waals surface area (Å²) >= 11 is 0. The minimum atomic E-state index is -0.631. The number of aromatic nitrogens is 2. The Morgan fingerprint density at radius 1 is 1.00 bits per heavy atom. The van der Waals surface area contributed by atoms with E-state index in [1.807, 2.05) is 84.8 Å². The maximum Gasteiger partial charge on any atom is 0.415 e. The third-order valence-electron chi connectivity index (χ3n) is 7.73. The lowest BCUT2D eigenvalue weighted by Gasteiger charge is -2.35. The van der Waals surface area contributed by atoms with Gasteiger partial charge in [-0.25, -0.2) is 14.2 Å². The summed E-state index contributed by atoms with van der Waals surface area (Å²) in [6, 6.07) is 24.5. The van der Waals surface area contributed by atoms with Gasteiger partial charge in [-0.05, 0) is 49.6 Å². The van der Waals surface area contributed by atoms with Crippen LogP contribution in [0.5, 0.6) is 0 Å². The molecule has 1 fully saturated rings. The van der Waals surface area contributed by atoms with Crippen LogP contribution in [0.1, 0.15) is 50.8 Å². The lowest BCUT2D eigenvalue weighted by atomic mass is 9.88. The molecule has 5 rings (SSSR count). The van der Waals surface area contributed by atoms with Crippen molar-refractivity contribution in [3.8, 4) is 0 Å². The molecule has 40 heavy (non-hydrogen) atoms. The smallest absolute Gasteiger partial charge is 0.415 e. The zero-order chi connectivity index (χ0) is 28.4. The number of hydrogen-bond donors (Lipinski definition) is 0. The molecule has 1 aromatic heterocycles. The third kappa shape index (κ3) is 5.88. The van der Waals surface area contributed by atoms with Crippen LogP contribution < -0.4 is 4.57 Å². The number of nitrogens with zero attached hydrogens (tertiary/aromatic N) is 4. The highest BCUT2D eigenvalue weighted by Gasteiger charge is 2.41. The summed E-state index contributed by atoms with van der Waals surface area (Å²) in [5, 5.41) is 2.25. The van der Waals surface area contributed by atoms with Crippen molar-refractivity contribution in [1.82, 2.24) is 14.4 Å². The topological polar surface area (TPSA) is 58.7 Å². The van der Waals surface area contributed by atoms with Gasteiger partial charge >= 0.3 is 12.1 Å². The maximum absolute atomic E-state index is 13.8. The third-order valence-corrected chi connectivity index (χ3v) is 7.73. The highest BCUT2D eigenvalue weighted by Crippen LogP contribution is 2.37. The van der Waals surface area contributed by atoms with E-state index >= 15 is 0 Å². The first-order valence-corrected chi connectivity index (χ1v) is 14.0. The molecule has 2 heterocycles. The van der Waals surface area contributed by atoms with Gasteiger partial charge in [-0.2, -0.15) is 4.57 Å². The monoisotopic (exact) mass is 539 g/mol. The van der Waals surface area contributed by atoms with Crippen molar-refractivity contribution in [3.05, 3.63) is 103 Å². The first-order chi connectivity index (χ1) is 19.1. The van der Waals surface area contributed by atoms with Crippen LogP contribution in [-0.2, 0) is 11.8 Å². The van der Waals surface area contributed by atoms with Gasteiger partial charge in [0.05, 0.1) is 13.1 Å². The number of ether oxygens (including phenoxy) is 1. The van der Waals surface area contributed by atoms with Crippen molar-refractivity contribution in [3.63, 3.8) is 0 Å². The second-order valence-corrected chi connectivity index (χ2v) is 11.8. The normalized spacial score (nSPS) is 18.1. The first-order valence-electron chi connectivity index (χ1n) is 14.0. The van der Waals surface area contributed by atoms with Gasteiger partial charge in [-0.1, -0.05) is 72.8 Å². The van der Waals surface area contributed by atoms with Crippen molar-refractivity contribution in [2.45, 2.75) is 45.3 Å². The molecule has 0 bridgehead atoms. The van der Waals surface area contributed by atoms with Gasteiger partial charge in [-0.15, -0.1) is 0 Å². The van der Waals surface area contributed by atoms with Crippen LogP contribution in [0.4, 0.5) is 9.59 Å². The predicted molar refractivity (Wildman–Crippen MR) is 156 cm³/mol. The molecule has 0 unspecified atom stereocenters. The maximum atomic E-state index is 13.8. The summed E-state index contributed by atoms with van der Waals surface area (Å²) in [4.78, 5) is 31.0. The molecule has 3 atom stereocenters. The van der Waals surface area contributed by atoms with E-state index in [9.17, 15) is 9.59 Å². The lowest BCUT2D eigenvalue weighted by Crippen LogP contribution is -2.42. The number of benzene rings is 3. The average molecular weight is 540 g/mol. The quantitative estimate of drug-likeness (QED) is 0.286. The molecule has 0 spiro atoms. The van der Waals surface area contributed by atoms with E-state index in [0.717, 1.165) is 16.3 Å². The van der Waals surface area contributed by atoms with E-state index in [-0.39, 0.29) is 30.0 Å². The van der Waals surface area contributed by atoms with Crippen LogP contribution in [0.3, 0.4) is 0 Å². The van der Waals surface area contributed by atoms with Crippen molar-refractivity contribution >= 4 is 22.9 Å². The van der Waals surface area contributed by atoms with E-state index in [0.29, 0.717) is 19.6 Å². The molecule has 1 aliphatic heterocycles. The summed E-state index contributed by atoms with van der Waals surface area (Å²) in [6.45, 7) is 9.34. The molecule has 7 heteroatoms. The van der Waals surface area contributed by atoms with Crippen LogP contribution in [0.25, 0.3) is 10.8 Å². The Hall–Kier alpha value is -4.13. The number of fused-ring (bicyclic) bond motifs is 1. The molecule has 1 saturated heterocycles. The van der Waals surface area contributed by atoms with Gasteiger partial charge in [0, 0.05) is 31.5 Å². The average Bonchev–Trinajstić information content (AvgIpc) is 3.56. The number of hydrogen-bond acceptors (Lipinski definition) is 3. The molecule has 0 saturated carbocycles. The SMILES string of the molecule is C[C@H](c1cccc2ccccc12)N(C[C@H]1CN(C(=O)n2cc[n+](C)c2)C[C@@H]1c1ccccc1)C(=O)OC(C)(C)C. The molecule has 4 aromatic rings. The Kier molecular flexibility index (Phi) is 7.66. The van der Waals surface area contributed by atoms with E-state index in [2.05, 4.69) is 43.3 Å². The van der Waals surface area contributed by atoms with Crippen molar-refractivity contribution in [1.29, 1.82) is 0 Å². The summed E-state index contributed by atoms with van der Waals surface area (Å²) in [6.07, 6.45) is 5.07. The van der Waals surface area contributed by atoms with Gasteiger partial charge < -0.3 is 14.5 Å². The van der Waals surface area contributed by atoms with Crippen LogP contribution in [0.15, 0.2) is 91.5 Å². The first kappa shape index (κ1) is 27.4. The number of rotatable bonds is 5. The fourth-order valence-corrected chi connectivity index (χ4v) is 5.76. The molecular formula is C33H39N4O3+. The number of amides is 2. The van der Waals surface area contributed by atoms with Crippen LogP contribution >= 0.6 is 0 Å². The Bertz CT molecular complexity index is 1490. The van der Waals surface area contributed by atoms with Gasteiger partial charge in [-0.3, -0.25) is 0 Å². The van der Waals surface area contributed by atoms with E-state index < -0.39 is 5.60 Å². The minimum Gasteiger partial charge on any atom is -0.444 e. The van der Waals surface area contributed by atoms with Crippen LogP contribution in [0.2, 0.25) is 0 Å². The molecule has 3 aromatic carbocycles. The lowest BCUT2D eigenvalue weighted by molar-refractivity contribution is -0.670. The molecule has 0 N–H and O–H groups in total. The Morgan fingerprint density at radius 2 is 1.70 bits per heavy atom. The zero-order valence-corrected chi connectivity index (χ0v) is 24.0. The number of carbonyl (C=O) groups excluding carboxylic acids is 2. The fraction of sp³-hybridized carbons (Fsp3) is 0.364. The molecule has 0 radical (unpaired) electrons. The zero-order valence-electron chi connectivity index (χ0n) is 24.0. The van der Waals surface area contributed by atoms with E-state index in [4.69, 9.17) is 4.74 Å².